The van der Waals surface area contributed by atoms with Crippen molar-refractivity contribution in [3.8, 4) is 0 Å². The normalized spacial score (nSPS) is 19.5. The van der Waals surface area contributed by atoms with E-state index in [1.807, 2.05) is 0 Å². The van der Waals surface area contributed by atoms with Crippen LogP contribution < -0.4 is 5.32 Å². The number of rotatable bonds is 3. The minimum Gasteiger partial charge on any atom is -0.447 e. The molecule has 1 amide bonds. The Morgan fingerprint density at radius 2 is 1.94 bits per heavy atom. The van der Waals surface area contributed by atoms with Gasteiger partial charge in [0.1, 0.15) is 6.61 Å². The van der Waals surface area contributed by atoms with Gasteiger partial charge in [-0.25, -0.2) is 4.79 Å². The number of ether oxygens (including phenoxy) is 1. The fourth-order valence-corrected chi connectivity index (χ4v) is 1.78. The number of carbonyl (C=O) groups excluding carboxylic acids is 1. The van der Waals surface area contributed by atoms with Gasteiger partial charge in [0.15, 0.2) is 0 Å². The molecular weight excluding hydrogens is 247 g/mol. The molecule has 1 aliphatic rings. The van der Waals surface area contributed by atoms with Gasteiger partial charge in [-0.3, -0.25) is 0 Å². The van der Waals surface area contributed by atoms with E-state index in [-0.39, 0.29) is 6.04 Å². The van der Waals surface area contributed by atoms with E-state index in [1.165, 1.54) is 12.1 Å². The first-order valence-electron chi connectivity index (χ1n) is 5.54. The summed E-state index contributed by atoms with van der Waals surface area (Å²) in [5.41, 5.74) is 0.160. The molecule has 2 rings (SSSR count). The van der Waals surface area contributed by atoms with Crippen molar-refractivity contribution in [3.63, 3.8) is 0 Å². The number of hydrogen-bond donors (Lipinski definition) is 1. The number of alkyl halides is 3. The Kier molecular flexibility index (Phi) is 3.45. The lowest BCUT2D eigenvalue weighted by molar-refractivity contribution is -0.137. The van der Waals surface area contributed by atoms with Crippen molar-refractivity contribution in [2.24, 2.45) is 0 Å². The molecule has 1 saturated heterocycles. The number of cyclic esters (lactones) is 1. The molecule has 18 heavy (non-hydrogen) atoms. The highest BCUT2D eigenvalue weighted by Gasteiger charge is 2.30. The van der Waals surface area contributed by atoms with Crippen molar-refractivity contribution in [2.45, 2.75) is 25.1 Å². The molecule has 3 nitrogen and oxygen atoms in total. The molecular formula is C12H12F3NO2. The van der Waals surface area contributed by atoms with Gasteiger partial charge in [-0.05, 0) is 30.5 Å². The van der Waals surface area contributed by atoms with Crippen molar-refractivity contribution >= 4 is 6.09 Å². The molecule has 1 N–H and O–H groups in total. The highest BCUT2D eigenvalue weighted by Crippen LogP contribution is 2.29. The maximum Gasteiger partial charge on any atom is 0.416 e. The predicted octanol–water partition coefficient (Wildman–Crippen LogP) is 2.75. The van der Waals surface area contributed by atoms with E-state index < -0.39 is 17.8 Å². The van der Waals surface area contributed by atoms with E-state index in [1.54, 1.807) is 0 Å². The lowest BCUT2D eigenvalue weighted by Gasteiger charge is -2.09. The summed E-state index contributed by atoms with van der Waals surface area (Å²) >= 11 is 0. The second kappa shape index (κ2) is 4.88. The summed E-state index contributed by atoms with van der Waals surface area (Å²) in [6.45, 7) is 0.319. The van der Waals surface area contributed by atoms with E-state index in [2.05, 4.69) is 5.32 Å². The van der Waals surface area contributed by atoms with Gasteiger partial charge in [-0.15, -0.1) is 0 Å². The minimum absolute atomic E-state index is 0.0557. The topological polar surface area (TPSA) is 38.3 Å². The maximum absolute atomic E-state index is 12.3. The number of hydrogen-bond acceptors (Lipinski definition) is 2. The van der Waals surface area contributed by atoms with E-state index in [0.717, 1.165) is 17.7 Å². The SMILES string of the molecule is O=C1N[C@@H](CCc2ccc(C(F)(F)F)cc2)CO1. The third-order valence-electron chi connectivity index (χ3n) is 2.80. The van der Waals surface area contributed by atoms with Gasteiger partial charge in [0.25, 0.3) is 0 Å². The summed E-state index contributed by atoms with van der Waals surface area (Å²) in [7, 11) is 0. The van der Waals surface area contributed by atoms with Crippen molar-refractivity contribution < 1.29 is 22.7 Å². The van der Waals surface area contributed by atoms with Crippen molar-refractivity contribution in [3.05, 3.63) is 35.4 Å². The molecule has 98 valence electrons. The molecule has 1 aromatic rings. The monoisotopic (exact) mass is 259 g/mol. The van der Waals surface area contributed by atoms with Crippen LogP contribution in [0.25, 0.3) is 0 Å². The van der Waals surface area contributed by atoms with Gasteiger partial charge >= 0.3 is 12.3 Å². The van der Waals surface area contributed by atoms with E-state index >= 15 is 0 Å². The molecule has 0 radical (unpaired) electrons. The molecule has 0 spiro atoms. The van der Waals surface area contributed by atoms with Crippen LogP contribution in [0, 0.1) is 0 Å². The molecule has 1 aliphatic heterocycles. The first-order valence-corrected chi connectivity index (χ1v) is 5.54. The van der Waals surface area contributed by atoms with Crippen molar-refractivity contribution in [1.82, 2.24) is 5.32 Å². The average Bonchev–Trinajstić information content (AvgIpc) is 2.72. The van der Waals surface area contributed by atoms with Gasteiger partial charge in [-0.1, -0.05) is 12.1 Å². The fraction of sp³-hybridized carbons (Fsp3) is 0.417. The Labute approximate surface area is 102 Å². The third-order valence-corrected chi connectivity index (χ3v) is 2.80. The van der Waals surface area contributed by atoms with Crippen LogP contribution in [0.2, 0.25) is 0 Å². The van der Waals surface area contributed by atoms with Gasteiger partial charge in [0.2, 0.25) is 0 Å². The van der Waals surface area contributed by atoms with E-state index in [4.69, 9.17) is 4.74 Å². The molecule has 6 heteroatoms. The first-order chi connectivity index (χ1) is 8.45. The number of amides is 1. The third kappa shape index (κ3) is 3.15. The number of aryl methyl sites for hydroxylation is 1. The molecule has 1 atom stereocenters. The van der Waals surface area contributed by atoms with Crippen LogP contribution in [0.15, 0.2) is 24.3 Å². The summed E-state index contributed by atoms with van der Waals surface area (Å²) < 4.78 is 41.7. The van der Waals surface area contributed by atoms with Gasteiger partial charge in [0, 0.05) is 0 Å². The van der Waals surface area contributed by atoms with E-state index in [9.17, 15) is 18.0 Å². The van der Waals surface area contributed by atoms with Crippen LogP contribution in [-0.2, 0) is 17.3 Å². The fourth-order valence-electron chi connectivity index (χ4n) is 1.78. The van der Waals surface area contributed by atoms with Crippen LogP contribution in [-0.4, -0.2) is 18.7 Å². The summed E-state index contributed by atoms with van der Waals surface area (Å²) in [6, 6.07) is 5.00. The smallest absolute Gasteiger partial charge is 0.416 e. The zero-order valence-electron chi connectivity index (χ0n) is 9.46. The standard InChI is InChI=1S/C12H12F3NO2/c13-12(14,15)9-4-1-8(2-5-9)3-6-10-7-18-11(17)16-10/h1-2,4-5,10H,3,6-7H2,(H,16,17)/t10-/m0/s1. The molecule has 0 aromatic heterocycles. The van der Waals surface area contributed by atoms with Crippen LogP contribution in [0.3, 0.4) is 0 Å². The Morgan fingerprint density at radius 1 is 1.28 bits per heavy atom. The highest BCUT2D eigenvalue weighted by molar-refractivity contribution is 5.69. The highest BCUT2D eigenvalue weighted by atomic mass is 19.4. The molecule has 1 heterocycles. The number of carbonyl (C=O) groups is 1. The molecule has 0 saturated carbocycles. The Morgan fingerprint density at radius 3 is 2.44 bits per heavy atom. The summed E-state index contributed by atoms with van der Waals surface area (Å²) in [5, 5.41) is 2.62. The maximum atomic E-state index is 12.3. The summed E-state index contributed by atoms with van der Waals surface area (Å²) in [4.78, 5) is 10.8. The van der Waals surface area contributed by atoms with Gasteiger partial charge in [0.05, 0.1) is 11.6 Å². The Bertz CT molecular complexity index is 428. The van der Waals surface area contributed by atoms with Crippen LogP contribution in [0.4, 0.5) is 18.0 Å². The van der Waals surface area contributed by atoms with Crippen LogP contribution in [0.1, 0.15) is 17.5 Å². The number of alkyl carbamates (subject to hydrolysis) is 1. The lowest BCUT2D eigenvalue weighted by Crippen LogP contribution is -2.26. The quantitative estimate of drug-likeness (QED) is 0.906. The van der Waals surface area contributed by atoms with Crippen LogP contribution in [0.5, 0.6) is 0 Å². The molecule has 1 aromatic carbocycles. The zero-order valence-corrected chi connectivity index (χ0v) is 9.46. The largest absolute Gasteiger partial charge is 0.447 e. The second-order valence-corrected chi connectivity index (χ2v) is 4.17. The molecule has 1 fully saturated rings. The lowest BCUT2D eigenvalue weighted by atomic mass is 10.0. The average molecular weight is 259 g/mol. The number of halogens is 3. The minimum atomic E-state index is -4.30. The second-order valence-electron chi connectivity index (χ2n) is 4.17. The molecule has 0 bridgehead atoms. The Balaban J connectivity index is 1.89. The summed E-state index contributed by atoms with van der Waals surface area (Å²) in [6.07, 6.45) is -3.48. The van der Waals surface area contributed by atoms with Gasteiger partial charge < -0.3 is 10.1 Å². The zero-order chi connectivity index (χ0) is 13.2. The Hall–Kier alpha value is -1.72. The summed E-state index contributed by atoms with van der Waals surface area (Å²) in [5.74, 6) is 0. The number of benzene rings is 1. The number of nitrogens with one attached hydrogen (secondary N) is 1. The first kappa shape index (κ1) is 12.7. The van der Waals surface area contributed by atoms with Crippen LogP contribution >= 0.6 is 0 Å². The van der Waals surface area contributed by atoms with Crippen molar-refractivity contribution in [1.29, 1.82) is 0 Å². The van der Waals surface area contributed by atoms with Crippen molar-refractivity contribution in [2.75, 3.05) is 6.61 Å². The molecule has 0 unspecified atom stereocenters. The predicted molar refractivity (Wildman–Crippen MR) is 58.0 cm³/mol. The molecule has 0 aliphatic carbocycles. The van der Waals surface area contributed by atoms with E-state index in [0.29, 0.717) is 19.4 Å². The van der Waals surface area contributed by atoms with Gasteiger partial charge in [-0.2, -0.15) is 13.2 Å².